The average Bonchev–Trinajstić information content (AvgIpc) is 2.55. The van der Waals surface area contributed by atoms with Crippen LogP contribution in [0.25, 0.3) is 0 Å². The first-order valence-corrected chi connectivity index (χ1v) is 6.84. The van der Waals surface area contributed by atoms with Gasteiger partial charge < -0.3 is 14.8 Å². The van der Waals surface area contributed by atoms with Crippen LogP contribution in [0.1, 0.15) is 28.9 Å². The van der Waals surface area contributed by atoms with Crippen molar-refractivity contribution in [2.24, 2.45) is 0 Å². The number of aromatic nitrogens is 1. The van der Waals surface area contributed by atoms with E-state index in [4.69, 9.17) is 9.47 Å². The molecule has 1 atom stereocenters. The van der Waals surface area contributed by atoms with Crippen LogP contribution >= 0.6 is 0 Å². The van der Waals surface area contributed by atoms with Gasteiger partial charge in [0.2, 0.25) is 0 Å². The van der Waals surface area contributed by atoms with Crippen molar-refractivity contribution in [3.63, 3.8) is 0 Å². The highest BCUT2D eigenvalue weighted by Gasteiger charge is 2.16. The van der Waals surface area contributed by atoms with Gasteiger partial charge in [-0.25, -0.2) is 0 Å². The SMILES string of the molecule is C[C@H](NC(=O)c1cccnc1)c1ccc2c(c1)OCCO2. The molecule has 1 aliphatic heterocycles. The van der Waals surface area contributed by atoms with Crippen LogP contribution in [-0.4, -0.2) is 24.1 Å². The molecule has 0 unspecified atom stereocenters. The number of ether oxygens (including phenoxy) is 2. The molecular formula is C16H16N2O3. The zero-order chi connectivity index (χ0) is 14.7. The molecule has 0 spiro atoms. The van der Waals surface area contributed by atoms with Gasteiger partial charge in [0.1, 0.15) is 13.2 Å². The van der Waals surface area contributed by atoms with E-state index < -0.39 is 0 Å². The molecule has 21 heavy (non-hydrogen) atoms. The number of nitrogens with zero attached hydrogens (tertiary/aromatic N) is 1. The van der Waals surface area contributed by atoms with Gasteiger partial charge in [-0.05, 0) is 36.8 Å². The molecule has 2 heterocycles. The number of nitrogens with one attached hydrogen (secondary N) is 1. The quantitative estimate of drug-likeness (QED) is 0.939. The lowest BCUT2D eigenvalue weighted by molar-refractivity contribution is 0.0939. The predicted octanol–water partition coefficient (Wildman–Crippen LogP) is 2.34. The summed E-state index contributed by atoms with van der Waals surface area (Å²) in [6.07, 6.45) is 3.19. The normalized spacial score (nSPS) is 14.3. The van der Waals surface area contributed by atoms with Crippen molar-refractivity contribution in [2.45, 2.75) is 13.0 Å². The molecule has 2 aromatic rings. The minimum Gasteiger partial charge on any atom is -0.486 e. The first kappa shape index (κ1) is 13.4. The second-order valence-corrected chi connectivity index (χ2v) is 4.84. The molecule has 1 N–H and O–H groups in total. The van der Waals surface area contributed by atoms with E-state index in [9.17, 15) is 4.79 Å². The van der Waals surface area contributed by atoms with Crippen LogP contribution in [0.2, 0.25) is 0 Å². The van der Waals surface area contributed by atoms with Crippen LogP contribution in [0.15, 0.2) is 42.7 Å². The van der Waals surface area contributed by atoms with Gasteiger partial charge >= 0.3 is 0 Å². The third-order valence-corrected chi connectivity index (χ3v) is 3.34. The van der Waals surface area contributed by atoms with Gasteiger partial charge in [-0.2, -0.15) is 0 Å². The molecule has 0 bridgehead atoms. The van der Waals surface area contributed by atoms with E-state index in [2.05, 4.69) is 10.3 Å². The number of carbonyl (C=O) groups is 1. The lowest BCUT2D eigenvalue weighted by atomic mass is 10.1. The molecule has 0 saturated carbocycles. The summed E-state index contributed by atoms with van der Waals surface area (Å²) in [6, 6.07) is 9.05. The Morgan fingerprint density at radius 2 is 2.05 bits per heavy atom. The van der Waals surface area contributed by atoms with Crippen molar-refractivity contribution >= 4 is 5.91 Å². The Hall–Kier alpha value is -2.56. The summed E-state index contributed by atoms with van der Waals surface area (Å²) in [5.41, 5.74) is 1.51. The molecule has 1 aliphatic rings. The van der Waals surface area contributed by atoms with E-state index in [-0.39, 0.29) is 11.9 Å². The van der Waals surface area contributed by atoms with Crippen LogP contribution in [0.4, 0.5) is 0 Å². The third kappa shape index (κ3) is 2.97. The van der Waals surface area contributed by atoms with Crippen LogP contribution in [-0.2, 0) is 0 Å². The highest BCUT2D eigenvalue weighted by atomic mass is 16.6. The van der Waals surface area contributed by atoms with Crippen molar-refractivity contribution in [3.05, 3.63) is 53.9 Å². The van der Waals surface area contributed by atoms with E-state index in [0.717, 1.165) is 17.1 Å². The maximum atomic E-state index is 12.1. The number of hydrogen-bond donors (Lipinski definition) is 1. The van der Waals surface area contributed by atoms with Gasteiger partial charge in [0.05, 0.1) is 11.6 Å². The van der Waals surface area contributed by atoms with Crippen LogP contribution in [0.3, 0.4) is 0 Å². The predicted molar refractivity (Wildman–Crippen MR) is 77.6 cm³/mol. The summed E-state index contributed by atoms with van der Waals surface area (Å²) in [4.78, 5) is 16.1. The van der Waals surface area contributed by atoms with E-state index in [1.165, 1.54) is 0 Å². The van der Waals surface area contributed by atoms with Gasteiger partial charge in [0.15, 0.2) is 11.5 Å². The number of hydrogen-bond acceptors (Lipinski definition) is 4. The first-order valence-electron chi connectivity index (χ1n) is 6.84. The van der Waals surface area contributed by atoms with Gasteiger partial charge in [-0.15, -0.1) is 0 Å². The Bertz CT molecular complexity index is 643. The van der Waals surface area contributed by atoms with E-state index in [0.29, 0.717) is 18.8 Å². The highest BCUT2D eigenvalue weighted by Crippen LogP contribution is 2.32. The minimum atomic E-state index is -0.148. The Kier molecular flexibility index (Phi) is 3.73. The molecule has 0 aliphatic carbocycles. The fraction of sp³-hybridized carbons (Fsp3) is 0.250. The van der Waals surface area contributed by atoms with Gasteiger partial charge in [-0.3, -0.25) is 9.78 Å². The molecule has 0 fully saturated rings. The molecular weight excluding hydrogens is 268 g/mol. The van der Waals surface area contributed by atoms with Crippen molar-refractivity contribution in [1.29, 1.82) is 0 Å². The van der Waals surface area contributed by atoms with Gasteiger partial charge in [0.25, 0.3) is 5.91 Å². The second-order valence-electron chi connectivity index (χ2n) is 4.84. The first-order chi connectivity index (χ1) is 10.2. The summed E-state index contributed by atoms with van der Waals surface area (Å²) in [7, 11) is 0. The number of pyridine rings is 1. The molecule has 5 nitrogen and oxygen atoms in total. The van der Waals surface area contributed by atoms with Gasteiger partial charge in [-0.1, -0.05) is 6.07 Å². The molecule has 1 aromatic heterocycles. The van der Waals surface area contributed by atoms with E-state index in [1.807, 2.05) is 25.1 Å². The Balaban J connectivity index is 1.73. The summed E-state index contributed by atoms with van der Waals surface area (Å²) < 4.78 is 11.0. The third-order valence-electron chi connectivity index (χ3n) is 3.34. The summed E-state index contributed by atoms with van der Waals surface area (Å²) in [5, 5.41) is 2.94. The van der Waals surface area contributed by atoms with Crippen LogP contribution in [0, 0.1) is 0 Å². The fourth-order valence-corrected chi connectivity index (χ4v) is 2.19. The topological polar surface area (TPSA) is 60.5 Å². The number of amides is 1. The highest BCUT2D eigenvalue weighted by molar-refractivity contribution is 5.94. The molecule has 3 rings (SSSR count). The van der Waals surface area contributed by atoms with Crippen LogP contribution in [0.5, 0.6) is 11.5 Å². The molecule has 0 saturated heterocycles. The lowest BCUT2D eigenvalue weighted by Crippen LogP contribution is -2.27. The van der Waals surface area contributed by atoms with Crippen molar-refractivity contribution in [3.8, 4) is 11.5 Å². The van der Waals surface area contributed by atoms with E-state index in [1.54, 1.807) is 24.5 Å². The number of rotatable bonds is 3. The standard InChI is InChI=1S/C16H16N2O3/c1-11(18-16(19)13-3-2-6-17-10-13)12-4-5-14-15(9-12)21-8-7-20-14/h2-6,9-11H,7-8H2,1H3,(H,18,19)/t11-/m0/s1. The summed E-state index contributed by atoms with van der Waals surface area (Å²) in [5.74, 6) is 1.32. The largest absolute Gasteiger partial charge is 0.486 e. The monoisotopic (exact) mass is 284 g/mol. The number of carbonyl (C=O) groups excluding carboxylic acids is 1. The van der Waals surface area contributed by atoms with Crippen LogP contribution < -0.4 is 14.8 Å². The van der Waals surface area contributed by atoms with Gasteiger partial charge in [0, 0.05) is 12.4 Å². The molecule has 5 heteroatoms. The Labute approximate surface area is 122 Å². The lowest BCUT2D eigenvalue weighted by Gasteiger charge is -2.21. The van der Waals surface area contributed by atoms with E-state index >= 15 is 0 Å². The smallest absolute Gasteiger partial charge is 0.253 e. The zero-order valence-electron chi connectivity index (χ0n) is 11.7. The van der Waals surface area contributed by atoms with Crippen molar-refractivity contribution in [1.82, 2.24) is 10.3 Å². The molecule has 1 amide bonds. The summed E-state index contributed by atoms with van der Waals surface area (Å²) >= 11 is 0. The maximum absolute atomic E-state index is 12.1. The molecule has 108 valence electrons. The number of fused-ring (bicyclic) bond motifs is 1. The maximum Gasteiger partial charge on any atom is 0.253 e. The Morgan fingerprint density at radius 1 is 1.24 bits per heavy atom. The zero-order valence-corrected chi connectivity index (χ0v) is 11.7. The minimum absolute atomic E-state index is 0.131. The van der Waals surface area contributed by atoms with Crippen molar-refractivity contribution < 1.29 is 14.3 Å². The fourth-order valence-electron chi connectivity index (χ4n) is 2.19. The van der Waals surface area contributed by atoms with Crippen molar-refractivity contribution in [2.75, 3.05) is 13.2 Å². The second kappa shape index (κ2) is 5.83. The molecule has 1 aromatic carbocycles. The molecule has 0 radical (unpaired) electrons. The number of benzene rings is 1. The Morgan fingerprint density at radius 3 is 2.81 bits per heavy atom. The summed E-state index contributed by atoms with van der Waals surface area (Å²) in [6.45, 7) is 3.05. The average molecular weight is 284 g/mol.